The molecule has 0 aliphatic carbocycles. The molecule has 1 aliphatic heterocycles. The summed E-state index contributed by atoms with van der Waals surface area (Å²) in [5.41, 5.74) is 2.23. The average Bonchev–Trinajstić information content (AvgIpc) is 3.10. The van der Waals surface area contributed by atoms with Gasteiger partial charge >= 0.3 is 0 Å². The van der Waals surface area contributed by atoms with E-state index in [9.17, 15) is 0 Å². The first kappa shape index (κ1) is 13.3. The van der Waals surface area contributed by atoms with Crippen molar-refractivity contribution < 1.29 is 9.26 Å². The molecule has 0 radical (unpaired) electrons. The van der Waals surface area contributed by atoms with E-state index in [1.165, 1.54) is 5.56 Å². The van der Waals surface area contributed by atoms with Crippen molar-refractivity contribution in [3.8, 4) is 11.5 Å². The van der Waals surface area contributed by atoms with Crippen LogP contribution in [0.4, 0.5) is 0 Å². The van der Waals surface area contributed by atoms with E-state index in [2.05, 4.69) is 41.3 Å². The van der Waals surface area contributed by atoms with Crippen LogP contribution >= 0.6 is 0 Å². The van der Waals surface area contributed by atoms with E-state index in [-0.39, 0.29) is 5.92 Å². The van der Waals surface area contributed by atoms with Crippen molar-refractivity contribution >= 4 is 0 Å². The molecule has 5 heteroatoms. The smallest absolute Gasteiger partial charge is 0.257 e. The fraction of sp³-hybridized carbons (Fsp3) is 0.467. The van der Waals surface area contributed by atoms with Gasteiger partial charge in [-0.3, -0.25) is 0 Å². The lowest BCUT2D eigenvalue weighted by molar-refractivity contribution is 0.192. The molecule has 5 nitrogen and oxygen atoms in total. The first-order valence-corrected chi connectivity index (χ1v) is 6.88. The number of benzene rings is 1. The number of ether oxygens (including phenoxy) is 1. The maximum absolute atomic E-state index is 5.36. The van der Waals surface area contributed by atoms with Gasteiger partial charge in [0.2, 0.25) is 0 Å². The second-order valence-electron chi connectivity index (χ2n) is 5.45. The summed E-state index contributed by atoms with van der Waals surface area (Å²) in [5.74, 6) is 1.62. The number of nitrogens with zero attached hydrogens (tertiary/aromatic N) is 3. The van der Waals surface area contributed by atoms with Crippen LogP contribution in [0.5, 0.6) is 0 Å². The highest BCUT2D eigenvalue weighted by Crippen LogP contribution is 2.25. The van der Waals surface area contributed by atoms with Gasteiger partial charge in [-0.05, 0) is 38.2 Å². The predicted molar refractivity (Wildman–Crippen MR) is 75.3 cm³/mol. The van der Waals surface area contributed by atoms with Crippen molar-refractivity contribution in [1.82, 2.24) is 15.0 Å². The van der Waals surface area contributed by atoms with Crippen molar-refractivity contribution in [2.24, 2.45) is 0 Å². The van der Waals surface area contributed by atoms with E-state index in [0.717, 1.165) is 31.0 Å². The normalized spacial score (nSPS) is 18.9. The van der Waals surface area contributed by atoms with Crippen LogP contribution < -0.4 is 0 Å². The summed E-state index contributed by atoms with van der Waals surface area (Å²) in [7, 11) is 4.11. The second-order valence-corrected chi connectivity index (χ2v) is 5.45. The van der Waals surface area contributed by atoms with Crippen molar-refractivity contribution in [3.63, 3.8) is 0 Å². The van der Waals surface area contributed by atoms with Gasteiger partial charge in [-0.1, -0.05) is 17.3 Å². The van der Waals surface area contributed by atoms with Crippen LogP contribution in [0, 0.1) is 0 Å². The molecular weight excluding hydrogens is 254 g/mol. The molecular formula is C15H19N3O2. The first-order chi connectivity index (χ1) is 9.72. The zero-order valence-electron chi connectivity index (χ0n) is 11.9. The minimum absolute atomic E-state index is 0.278. The lowest BCUT2D eigenvalue weighted by atomic mass is 10.1. The highest BCUT2D eigenvalue weighted by atomic mass is 16.5. The Labute approximate surface area is 118 Å². The lowest BCUT2D eigenvalue weighted by Gasteiger charge is -2.09. The van der Waals surface area contributed by atoms with Crippen LogP contribution in [0.3, 0.4) is 0 Å². The molecule has 0 amide bonds. The van der Waals surface area contributed by atoms with Crippen molar-refractivity contribution in [3.05, 3.63) is 35.7 Å². The number of hydrogen-bond donors (Lipinski definition) is 0. The fourth-order valence-corrected chi connectivity index (χ4v) is 2.37. The van der Waals surface area contributed by atoms with E-state index < -0.39 is 0 Å². The van der Waals surface area contributed by atoms with Gasteiger partial charge in [-0.15, -0.1) is 0 Å². The third kappa shape index (κ3) is 2.89. The SMILES string of the molecule is CN(C)Cc1ccc(-c2nc([C@H]3CCOC3)no2)cc1. The van der Waals surface area contributed by atoms with Crippen LogP contribution in [0.15, 0.2) is 28.8 Å². The van der Waals surface area contributed by atoms with Gasteiger partial charge in [0.05, 0.1) is 6.61 Å². The van der Waals surface area contributed by atoms with E-state index >= 15 is 0 Å². The summed E-state index contributed by atoms with van der Waals surface area (Å²) in [5, 5.41) is 4.07. The molecule has 1 fully saturated rings. The van der Waals surface area contributed by atoms with E-state index in [1.807, 2.05) is 12.1 Å². The Morgan fingerprint density at radius 3 is 2.70 bits per heavy atom. The summed E-state index contributed by atoms with van der Waals surface area (Å²) in [4.78, 5) is 6.62. The zero-order valence-corrected chi connectivity index (χ0v) is 11.9. The molecule has 106 valence electrons. The Kier molecular flexibility index (Phi) is 3.80. The lowest BCUT2D eigenvalue weighted by Crippen LogP contribution is -2.10. The highest BCUT2D eigenvalue weighted by molar-refractivity contribution is 5.53. The monoisotopic (exact) mass is 273 g/mol. The van der Waals surface area contributed by atoms with Crippen molar-refractivity contribution in [2.45, 2.75) is 18.9 Å². The molecule has 2 aromatic rings. The highest BCUT2D eigenvalue weighted by Gasteiger charge is 2.23. The van der Waals surface area contributed by atoms with Crippen LogP contribution in [0.25, 0.3) is 11.5 Å². The van der Waals surface area contributed by atoms with Crippen LogP contribution in [0.2, 0.25) is 0 Å². The quantitative estimate of drug-likeness (QED) is 0.855. The van der Waals surface area contributed by atoms with Gasteiger partial charge in [0, 0.05) is 24.6 Å². The maximum atomic E-state index is 5.36. The molecule has 0 N–H and O–H groups in total. The Hall–Kier alpha value is -1.72. The molecule has 3 rings (SSSR count). The maximum Gasteiger partial charge on any atom is 0.257 e. The number of hydrogen-bond acceptors (Lipinski definition) is 5. The van der Waals surface area contributed by atoms with E-state index in [4.69, 9.17) is 9.26 Å². The molecule has 1 aromatic carbocycles. The topological polar surface area (TPSA) is 51.4 Å². The summed E-state index contributed by atoms with van der Waals surface area (Å²) in [6, 6.07) is 8.25. The molecule has 1 atom stereocenters. The summed E-state index contributed by atoms with van der Waals surface area (Å²) >= 11 is 0. The average molecular weight is 273 g/mol. The molecule has 1 aliphatic rings. The van der Waals surface area contributed by atoms with Gasteiger partial charge in [-0.25, -0.2) is 0 Å². The largest absolute Gasteiger partial charge is 0.381 e. The third-order valence-corrected chi connectivity index (χ3v) is 3.44. The van der Waals surface area contributed by atoms with Crippen molar-refractivity contribution in [1.29, 1.82) is 0 Å². The van der Waals surface area contributed by atoms with Gasteiger partial charge in [0.25, 0.3) is 5.89 Å². The third-order valence-electron chi connectivity index (χ3n) is 3.44. The Morgan fingerprint density at radius 2 is 2.05 bits per heavy atom. The number of aromatic nitrogens is 2. The van der Waals surface area contributed by atoms with E-state index in [1.54, 1.807) is 0 Å². The van der Waals surface area contributed by atoms with Gasteiger partial charge in [-0.2, -0.15) is 4.98 Å². The Bertz CT molecular complexity index is 557. The van der Waals surface area contributed by atoms with Crippen LogP contribution in [-0.4, -0.2) is 42.3 Å². The summed E-state index contributed by atoms with van der Waals surface area (Å²) < 4.78 is 10.7. The molecule has 0 unspecified atom stereocenters. The van der Waals surface area contributed by atoms with Crippen molar-refractivity contribution in [2.75, 3.05) is 27.3 Å². The Balaban J connectivity index is 1.75. The zero-order chi connectivity index (χ0) is 13.9. The van der Waals surface area contributed by atoms with Gasteiger partial charge in [0.1, 0.15) is 0 Å². The molecule has 20 heavy (non-hydrogen) atoms. The van der Waals surface area contributed by atoms with Crippen LogP contribution in [-0.2, 0) is 11.3 Å². The molecule has 0 spiro atoms. The van der Waals surface area contributed by atoms with E-state index in [0.29, 0.717) is 12.5 Å². The molecule has 1 aromatic heterocycles. The Morgan fingerprint density at radius 1 is 1.25 bits per heavy atom. The first-order valence-electron chi connectivity index (χ1n) is 6.88. The minimum atomic E-state index is 0.278. The molecule has 1 saturated heterocycles. The summed E-state index contributed by atoms with van der Waals surface area (Å²) in [6.45, 7) is 2.41. The second kappa shape index (κ2) is 5.73. The molecule has 0 bridgehead atoms. The standard InChI is InChI=1S/C15H19N3O2/c1-18(2)9-11-3-5-12(6-4-11)15-16-14(17-20-15)13-7-8-19-10-13/h3-6,13H,7-10H2,1-2H3/t13-/m0/s1. The summed E-state index contributed by atoms with van der Waals surface area (Å²) in [6.07, 6.45) is 0.973. The molecule has 0 saturated carbocycles. The fourth-order valence-electron chi connectivity index (χ4n) is 2.37. The number of rotatable bonds is 4. The minimum Gasteiger partial charge on any atom is -0.381 e. The predicted octanol–water partition coefficient (Wildman–Crippen LogP) is 2.30. The molecule has 2 heterocycles. The van der Waals surface area contributed by atoms with Gasteiger partial charge < -0.3 is 14.2 Å². The van der Waals surface area contributed by atoms with Crippen LogP contribution in [0.1, 0.15) is 23.7 Å². The van der Waals surface area contributed by atoms with Gasteiger partial charge in [0.15, 0.2) is 5.82 Å².